The van der Waals surface area contributed by atoms with E-state index in [0.717, 1.165) is 31.2 Å². The van der Waals surface area contributed by atoms with Gasteiger partial charge < -0.3 is 15.4 Å². The number of anilines is 1. The van der Waals surface area contributed by atoms with E-state index in [2.05, 4.69) is 36.6 Å². The Hall–Kier alpha value is -2.66. The Morgan fingerprint density at radius 1 is 1.07 bits per heavy atom. The van der Waals surface area contributed by atoms with Gasteiger partial charge in [-0.1, -0.05) is 63.1 Å². The van der Waals surface area contributed by atoms with Crippen molar-refractivity contribution in [2.45, 2.75) is 51.7 Å². The molecule has 5 nitrogen and oxygen atoms in total. The molecule has 2 unspecified atom stereocenters. The van der Waals surface area contributed by atoms with Crippen LogP contribution in [0.5, 0.6) is 0 Å². The highest BCUT2D eigenvalue weighted by molar-refractivity contribution is 5.98. The molecule has 2 aromatic carbocycles. The maximum atomic E-state index is 13.0. The van der Waals surface area contributed by atoms with Crippen LogP contribution in [0.15, 0.2) is 54.6 Å². The summed E-state index contributed by atoms with van der Waals surface area (Å²) in [5, 5.41) is 6.08. The molecule has 0 aromatic heterocycles. The summed E-state index contributed by atoms with van der Waals surface area (Å²) in [6.07, 6.45) is 3.20. The summed E-state index contributed by atoms with van der Waals surface area (Å²) in [6, 6.07) is 17.1. The second kappa shape index (κ2) is 10.2. The molecule has 0 saturated carbocycles. The molecule has 0 bridgehead atoms. The monoisotopic (exact) mass is 394 g/mol. The summed E-state index contributed by atoms with van der Waals surface area (Å²) in [5.74, 6) is 0.0574. The van der Waals surface area contributed by atoms with Crippen molar-refractivity contribution in [2.24, 2.45) is 5.92 Å². The molecule has 29 heavy (non-hydrogen) atoms. The van der Waals surface area contributed by atoms with E-state index in [9.17, 15) is 9.59 Å². The van der Waals surface area contributed by atoms with Crippen LogP contribution in [0.1, 0.15) is 61.5 Å². The van der Waals surface area contributed by atoms with Crippen LogP contribution >= 0.6 is 0 Å². The Balaban J connectivity index is 1.73. The Morgan fingerprint density at radius 2 is 1.83 bits per heavy atom. The van der Waals surface area contributed by atoms with Crippen LogP contribution < -0.4 is 10.6 Å². The third-order valence-corrected chi connectivity index (χ3v) is 5.58. The van der Waals surface area contributed by atoms with Crippen LogP contribution in [0.25, 0.3) is 0 Å². The lowest BCUT2D eigenvalue weighted by atomic mass is 9.88. The number of carbonyl (C=O) groups excluding carboxylic acids is 2. The number of carbonyl (C=O) groups is 2. The van der Waals surface area contributed by atoms with Gasteiger partial charge in [-0.05, 0) is 42.5 Å². The maximum absolute atomic E-state index is 13.0. The lowest BCUT2D eigenvalue weighted by Gasteiger charge is -2.27. The van der Waals surface area contributed by atoms with Gasteiger partial charge in [-0.25, -0.2) is 0 Å². The average Bonchev–Trinajstić information content (AvgIpc) is 3.30. The molecule has 3 rings (SSSR count). The van der Waals surface area contributed by atoms with Gasteiger partial charge in [0, 0.05) is 17.9 Å². The number of ether oxygens (including phenoxy) is 1. The minimum absolute atomic E-state index is 0.0520. The Kier molecular flexibility index (Phi) is 7.42. The number of rotatable bonds is 8. The van der Waals surface area contributed by atoms with Crippen molar-refractivity contribution in [3.63, 3.8) is 0 Å². The number of nitrogens with one attached hydrogen (secondary N) is 2. The van der Waals surface area contributed by atoms with Crippen LogP contribution in [0.2, 0.25) is 0 Å². The van der Waals surface area contributed by atoms with E-state index in [-0.39, 0.29) is 17.9 Å². The SMILES string of the molecule is CCC(CC)C(NC(=O)c1cccc(NC(=O)C2CCCO2)c1)c1ccccc1. The maximum Gasteiger partial charge on any atom is 0.253 e. The Morgan fingerprint density at radius 3 is 2.48 bits per heavy atom. The molecular formula is C24H30N2O3. The molecule has 2 aromatic rings. The highest BCUT2D eigenvalue weighted by atomic mass is 16.5. The van der Waals surface area contributed by atoms with Gasteiger partial charge in [0.15, 0.2) is 0 Å². The van der Waals surface area contributed by atoms with Gasteiger partial charge in [0.05, 0.1) is 6.04 Å². The molecule has 154 valence electrons. The Bertz CT molecular complexity index is 812. The molecule has 0 aliphatic carbocycles. The van der Waals surface area contributed by atoms with Gasteiger partial charge in [0.2, 0.25) is 0 Å². The highest BCUT2D eigenvalue weighted by Crippen LogP contribution is 2.28. The van der Waals surface area contributed by atoms with E-state index in [1.54, 1.807) is 24.3 Å². The standard InChI is InChI=1S/C24H30N2O3/c1-3-17(4-2)22(18-10-6-5-7-11-18)26-23(27)19-12-8-13-20(16-19)25-24(28)21-14-9-15-29-21/h5-8,10-13,16-17,21-22H,3-4,9,14-15H2,1-2H3,(H,25,28)(H,26,27). The van der Waals surface area contributed by atoms with E-state index in [1.807, 2.05) is 18.2 Å². The molecule has 1 aliphatic heterocycles. The van der Waals surface area contributed by atoms with Gasteiger partial charge in [0.1, 0.15) is 6.10 Å². The van der Waals surface area contributed by atoms with Gasteiger partial charge in [-0.15, -0.1) is 0 Å². The highest BCUT2D eigenvalue weighted by Gasteiger charge is 2.25. The number of hydrogen-bond donors (Lipinski definition) is 2. The summed E-state index contributed by atoms with van der Waals surface area (Å²) in [7, 11) is 0. The molecule has 2 N–H and O–H groups in total. The molecule has 1 heterocycles. The van der Waals surface area contributed by atoms with Gasteiger partial charge >= 0.3 is 0 Å². The first kappa shape index (κ1) is 21.1. The van der Waals surface area contributed by atoms with Crippen LogP contribution in [-0.2, 0) is 9.53 Å². The lowest BCUT2D eigenvalue weighted by molar-refractivity contribution is -0.124. The molecular weight excluding hydrogens is 364 g/mol. The number of amides is 2. The zero-order chi connectivity index (χ0) is 20.6. The summed E-state index contributed by atoms with van der Waals surface area (Å²) >= 11 is 0. The van der Waals surface area contributed by atoms with E-state index in [4.69, 9.17) is 4.74 Å². The zero-order valence-corrected chi connectivity index (χ0v) is 17.2. The average molecular weight is 395 g/mol. The van der Waals surface area contributed by atoms with Crippen molar-refractivity contribution < 1.29 is 14.3 Å². The predicted octanol–water partition coefficient (Wildman–Crippen LogP) is 4.71. The first-order valence-electron chi connectivity index (χ1n) is 10.5. The predicted molar refractivity (Wildman–Crippen MR) is 115 cm³/mol. The lowest BCUT2D eigenvalue weighted by Crippen LogP contribution is -2.33. The minimum Gasteiger partial charge on any atom is -0.368 e. The summed E-state index contributed by atoms with van der Waals surface area (Å²) in [4.78, 5) is 25.3. The van der Waals surface area contributed by atoms with E-state index in [1.165, 1.54) is 0 Å². The topological polar surface area (TPSA) is 67.4 Å². The third-order valence-electron chi connectivity index (χ3n) is 5.58. The summed E-state index contributed by atoms with van der Waals surface area (Å²) in [5.41, 5.74) is 2.25. The summed E-state index contributed by atoms with van der Waals surface area (Å²) < 4.78 is 5.43. The van der Waals surface area contributed by atoms with Crippen LogP contribution in [0.4, 0.5) is 5.69 Å². The van der Waals surface area contributed by atoms with Crippen LogP contribution in [-0.4, -0.2) is 24.5 Å². The van der Waals surface area contributed by atoms with E-state index < -0.39 is 6.10 Å². The molecule has 1 saturated heterocycles. The first-order chi connectivity index (χ1) is 14.1. The van der Waals surface area contributed by atoms with E-state index in [0.29, 0.717) is 23.8 Å². The van der Waals surface area contributed by atoms with Gasteiger partial charge in [-0.3, -0.25) is 9.59 Å². The fourth-order valence-electron chi connectivity index (χ4n) is 3.86. The van der Waals surface area contributed by atoms with Crippen molar-refractivity contribution in [3.8, 4) is 0 Å². The molecule has 1 aliphatic rings. The van der Waals surface area contributed by atoms with Crippen molar-refractivity contribution >= 4 is 17.5 Å². The molecule has 2 atom stereocenters. The number of hydrogen-bond acceptors (Lipinski definition) is 3. The van der Waals surface area contributed by atoms with Crippen molar-refractivity contribution in [2.75, 3.05) is 11.9 Å². The minimum atomic E-state index is -0.398. The smallest absolute Gasteiger partial charge is 0.253 e. The van der Waals surface area contributed by atoms with Crippen molar-refractivity contribution in [1.29, 1.82) is 0 Å². The van der Waals surface area contributed by atoms with E-state index >= 15 is 0 Å². The zero-order valence-electron chi connectivity index (χ0n) is 17.2. The Labute approximate surface area is 172 Å². The molecule has 5 heteroatoms. The third kappa shape index (κ3) is 5.45. The number of benzene rings is 2. The molecule has 1 fully saturated rings. The normalized spacial score (nSPS) is 17.1. The van der Waals surface area contributed by atoms with Crippen LogP contribution in [0.3, 0.4) is 0 Å². The molecule has 0 radical (unpaired) electrons. The van der Waals surface area contributed by atoms with Gasteiger partial charge in [-0.2, -0.15) is 0 Å². The molecule has 0 spiro atoms. The molecule has 2 amide bonds. The fraction of sp³-hybridized carbons (Fsp3) is 0.417. The quantitative estimate of drug-likeness (QED) is 0.681. The van der Waals surface area contributed by atoms with Gasteiger partial charge in [0.25, 0.3) is 11.8 Å². The summed E-state index contributed by atoms with van der Waals surface area (Å²) in [6.45, 7) is 4.92. The van der Waals surface area contributed by atoms with Crippen molar-refractivity contribution in [1.82, 2.24) is 5.32 Å². The fourth-order valence-corrected chi connectivity index (χ4v) is 3.86. The second-order valence-electron chi connectivity index (χ2n) is 7.51. The second-order valence-corrected chi connectivity index (χ2v) is 7.51. The van der Waals surface area contributed by atoms with Crippen LogP contribution in [0, 0.1) is 5.92 Å². The largest absolute Gasteiger partial charge is 0.368 e. The van der Waals surface area contributed by atoms with Crippen molar-refractivity contribution in [3.05, 3.63) is 65.7 Å². The first-order valence-corrected chi connectivity index (χ1v) is 10.5.